The van der Waals surface area contributed by atoms with Gasteiger partial charge in [-0.25, -0.2) is 4.79 Å². The Balaban J connectivity index is 1.42. The van der Waals surface area contributed by atoms with E-state index in [0.29, 0.717) is 5.56 Å². The minimum Gasteiger partial charge on any atom is -0.360 e. The van der Waals surface area contributed by atoms with Gasteiger partial charge in [0.15, 0.2) is 5.78 Å². The lowest BCUT2D eigenvalue weighted by Crippen LogP contribution is -2.33. The Labute approximate surface area is 147 Å². The van der Waals surface area contributed by atoms with Crippen molar-refractivity contribution in [3.63, 3.8) is 0 Å². The Morgan fingerprint density at radius 1 is 1.00 bits per heavy atom. The molecule has 0 saturated heterocycles. The molecule has 2 amide bonds. The number of urea groups is 1. The highest BCUT2D eigenvalue weighted by molar-refractivity contribution is 7.17. The average molecular weight is 349 g/mol. The van der Waals surface area contributed by atoms with Crippen LogP contribution in [0.1, 0.15) is 10.4 Å². The molecule has 0 unspecified atom stereocenters. The number of para-hydroxylation sites is 1. The standard InChI is InChI=1S/C19H15N3O2S/c23-17(14-9-20-15-7-3-1-5-12(14)15)10-21-19(24)22-16-11-25-18-8-4-2-6-13(16)18/h1-9,11,20H,10H2,(H2,21,22,24). The third kappa shape index (κ3) is 2.99. The first-order chi connectivity index (χ1) is 12.2. The smallest absolute Gasteiger partial charge is 0.319 e. The molecule has 2 heterocycles. The topological polar surface area (TPSA) is 74.0 Å². The molecule has 3 N–H and O–H groups in total. The Kier molecular flexibility index (Phi) is 3.95. The molecule has 4 rings (SSSR count). The van der Waals surface area contributed by atoms with E-state index in [9.17, 15) is 9.59 Å². The minimum absolute atomic E-state index is 0.0598. The van der Waals surface area contributed by atoms with Crippen LogP contribution in [-0.2, 0) is 0 Å². The molecule has 0 aliphatic heterocycles. The molecular weight excluding hydrogens is 334 g/mol. The Morgan fingerprint density at radius 3 is 2.64 bits per heavy atom. The molecule has 6 heteroatoms. The molecule has 4 aromatic rings. The molecule has 0 radical (unpaired) electrons. The van der Waals surface area contributed by atoms with E-state index in [1.54, 1.807) is 17.5 Å². The van der Waals surface area contributed by atoms with Gasteiger partial charge in [-0.15, -0.1) is 11.3 Å². The van der Waals surface area contributed by atoms with Gasteiger partial charge in [0, 0.05) is 38.1 Å². The number of ketones is 1. The van der Waals surface area contributed by atoms with Gasteiger partial charge in [-0.2, -0.15) is 0 Å². The van der Waals surface area contributed by atoms with Gasteiger partial charge in [0.05, 0.1) is 12.2 Å². The largest absolute Gasteiger partial charge is 0.360 e. The average Bonchev–Trinajstić information content (AvgIpc) is 3.24. The minimum atomic E-state index is -0.392. The van der Waals surface area contributed by atoms with E-state index >= 15 is 0 Å². The maximum Gasteiger partial charge on any atom is 0.319 e. The number of hydrogen-bond donors (Lipinski definition) is 3. The fraction of sp³-hybridized carbons (Fsp3) is 0.0526. The van der Waals surface area contributed by atoms with Crippen LogP contribution in [0.15, 0.2) is 60.1 Å². The number of hydrogen-bond acceptors (Lipinski definition) is 3. The van der Waals surface area contributed by atoms with Crippen molar-refractivity contribution >= 4 is 49.8 Å². The second kappa shape index (κ2) is 6.41. The van der Waals surface area contributed by atoms with Crippen molar-refractivity contribution < 1.29 is 9.59 Å². The summed E-state index contributed by atoms with van der Waals surface area (Å²) in [5.41, 5.74) is 2.23. The lowest BCUT2D eigenvalue weighted by Gasteiger charge is -2.06. The number of H-pyrrole nitrogens is 1. The molecule has 0 bridgehead atoms. The number of amides is 2. The number of anilines is 1. The maximum absolute atomic E-state index is 12.4. The molecule has 0 spiro atoms. The highest BCUT2D eigenvalue weighted by Crippen LogP contribution is 2.29. The van der Waals surface area contributed by atoms with Crippen molar-refractivity contribution in [2.24, 2.45) is 0 Å². The third-order valence-electron chi connectivity index (χ3n) is 4.03. The van der Waals surface area contributed by atoms with Crippen LogP contribution < -0.4 is 10.6 Å². The monoisotopic (exact) mass is 349 g/mol. The summed E-state index contributed by atoms with van der Waals surface area (Å²) in [5, 5.41) is 9.18. The van der Waals surface area contributed by atoms with Crippen LogP contribution in [0.5, 0.6) is 0 Å². The Hall–Kier alpha value is -3.12. The summed E-state index contributed by atoms with van der Waals surface area (Å²) in [4.78, 5) is 27.6. The van der Waals surface area contributed by atoms with Crippen LogP contribution in [0.25, 0.3) is 21.0 Å². The van der Waals surface area contributed by atoms with E-state index in [-0.39, 0.29) is 12.3 Å². The van der Waals surface area contributed by atoms with E-state index in [1.165, 1.54) is 0 Å². The second-order valence-electron chi connectivity index (χ2n) is 5.62. The predicted molar refractivity (Wildman–Crippen MR) is 101 cm³/mol. The summed E-state index contributed by atoms with van der Waals surface area (Å²) in [6.07, 6.45) is 1.68. The van der Waals surface area contributed by atoms with Crippen molar-refractivity contribution in [1.29, 1.82) is 0 Å². The van der Waals surface area contributed by atoms with Gasteiger partial charge in [0.25, 0.3) is 0 Å². The van der Waals surface area contributed by atoms with E-state index < -0.39 is 6.03 Å². The van der Waals surface area contributed by atoms with Crippen LogP contribution in [0, 0.1) is 0 Å². The summed E-state index contributed by atoms with van der Waals surface area (Å²) >= 11 is 1.57. The zero-order valence-corrected chi connectivity index (χ0v) is 14.0. The fourth-order valence-electron chi connectivity index (χ4n) is 2.80. The van der Waals surface area contributed by atoms with E-state index in [1.807, 2.05) is 53.9 Å². The summed E-state index contributed by atoms with van der Waals surface area (Å²) in [6, 6.07) is 15.0. The number of aromatic nitrogens is 1. The molecule has 25 heavy (non-hydrogen) atoms. The number of thiophene rings is 1. The SMILES string of the molecule is O=C(NCC(=O)c1c[nH]c2ccccc12)Nc1csc2ccccc12. The highest BCUT2D eigenvalue weighted by Gasteiger charge is 2.13. The lowest BCUT2D eigenvalue weighted by atomic mass is 10.1. The summed E-state index contributed by atoms with van der Waals surface area (Å²) in [6.45, 7) is -0.0598. The predicted octanol–water partition coefficient (Wildman–Crippen LogP) is 4.39. The zero-order valence-electron chi connectivity index (χ0n) is 13.2. The van der Waals surface area contributed by atoms with Crippen molar-refractivity contribution in [2.75, 3.05) is 11.9 Å². The van der Waals surface area contributed by atoms with Crippen molar-refractivity contribution in [3.8, 4) is 0 Å². The number of carbonyl (C=O) groups excluding carboxylic acids is 2. The fourth-order valence-corrected chi connectivity index (χ4v) is 3.69. The number of rotatable bonds is 4. The first kappa shape index (κ1) is 15.4. The van der Waals surface area contributed by atoms with Gasteiger partial charge in [0.2, 0.25) is 0 Å². The molecule has 0 fully saturated rings. The zero-order chi connectivity index (χ0) is 17.2. The van der Waals surface area contributed by atoms with Gasteiger partial charge in [0.1, 0.15) is 0 Å². The molecule has 0 aliphatic rings. The molecule has 0 saturated carbocycles. The molecular formula is C19H15N3O2S. The molecule has 124 valence electrons. The van der Waals surface area contributed by atoms with Gasteiger partial charge in [-0.05, 0) is 12.1 Å². The second-order valence-corrected chi connectivity index (χ2v) is 6.54. The normalized spacial score (nSPS) is 10.9. The highest BCUT2D eigenvalue weighted by atomic mass is 32.1. The van der Waals surface area contributed by atoms with Crippen LogP contribution in [-0.4, -0.2) is 23.3 Å². The van der Waals surface area contributed by atoms with Gasteiger partial charge in [-0.3, -0.25) is 4.79 Å². The Morgan fingerprint density at radius 2 is 1.76 bits per heavy atom. The van der Waals surface area contributed by atoms with Crippen LogP contribution in [0.2, 0.25) is 0 Å². The lowest BCUT2D eigenvalue weighted by molar-refractivity contribution is 0.0995. The molecule has 0 aliphatic carbocycles. The number of Topliss-reactive ketones (excluding diaryl/α,β-unsaturated/α-hetero) is 1. The molecule has 2 aromatic heterocycles. The third-order valence-corrected chi connectivity index (χ3v) is 4.99. The van der Waals surface area contributed by atoms with Crippen LogP contribution in [0.4, 0.5) is 10.5 Å². The van der Waals surface area contributed by atoms with Crippen molar-refractivity contribution in [2.45, 2.75) is 0 Å². The van der Waals surface area contributed by atoms with Crippen molar-refractivity contribution in [3.05, 3.63) is 65.7 Å². The summed E-state index contributed by atoms with van der Waals surface area (Å²) in [7, 11) is 0. The number of carbonyl (C=O) groups is 2. The van der Waals surface area contributed by atoms with Gasteiger partial charge < -0.3 is 15.6 Å². The molecule has 0 atom stereocenters. The van der Waals surface area contributed by atoms with Gasteiger partial charge in [-0.1, -0.05) is 36.4 Å². The first-order valence-corrected chi connectivity index (χ1v) is 8.71. The van der Waals surface area contributed by atoms with E-state index in [0.717, 1.165) is 26.7 Å². The number of aromatic amines is 1. The van der Waals surface area contributed by atoms with Crippen LogP contribution >= 0.6 is 11.3 Å². The first-order valence-electron chi connectivity index (χ1n) is 7.83. The molecule has 2 aromatic carbocycles. The number of fused-ring (bicyclic) bond motifs is 2. The van der Waals surface area contributed by atoms with Crippen LogP contribution in [0.3, 0.4) is 0 Å². The number of benzene rings is 2. The summed E-state index contributed by atoms with van der Waals surface area (Å²) in [5.74, 6) is -0.136. The maximum atomic E-state index is 12.4. The van der Waals surface area contributed by atoms with Crippen molar-refractivity contribution in [1.82, 2.24) is 10.3 Å². The van der Waals surface area contributed by atoms with E-state index in [4.69, 9.17) is 0 Å². The van der Waals surface area contributed by atoms with E-state index in [2.05, 4.69) is 15.6 Å². The summed E-state index contributed by atoms with van der Waals surface area (Å²) < 4.78 is 1.10. The van der Waals surface area contributed by atoms with Gasteiger partial charge >= 0.3 is 6.03 Å². The quantitative estimate of drug-likeness (QED) is 0.478. The Bertz CT molecular complexity index is 1080. The number of nitrogens with one attached hydrogen (secondary N) is 3. The molecule has 5 nitrogen and oxygen atoms in total.